The summed E-state index contributed by atoms with van der Waals surface area (Å²) in [5.41, 5.74) is -0.633. The van der Waals surface area contributed by atoms with E-state index in [4.69, 9.17) is 0 Å². The summed E-state index contributed by atoms with van der Waals surface area (Å²) in [6.07, 6.45) is -4.21. The van der Waals surface area contributed by atoms with Gasteiger partial charge in [-0.25, -0.2) is 0 Å². The lowest BCUT2D eigenvalue weighted by Gasteiger charge is -2.13. The molecule has 1 rings (SSSR count). The van der Waals surface area contributed by atoms with Crippen LogP contribution in [-0.4, -0.2) is 6.41 Å². The summed E-state index contributed by atoms with van der Waals surface area (Å²) in [7, 11) is 0. The number of carbonyl (C=O) groups excluding carboxylic acids is 1. The second-order valence-corrected chi connectivity index (χ2v) is 2.76. The molecule has 1 N–H and O–H groups in total. The van der Waals surface area contributed by atoms with Crippen LogP contribution in [0.15, 0.2) is 18.2 Å². The molecule has 0 radical (unpaired) electrons. The fraction of sp³-hybridized carbons (Fsp3) is 0.222. The van der Waals surface area contributed by atoms with Gasteiger partial charge in [0.1, 0.15) is 0 Å². The van der Waals surface area contributed by atoms with Gasteiger partial charge in [-0.05, 0) is 18.6 Å². The fourth-order valence-electron chi connectivity index (χ4n) is 1.15. The van der Waals surface area contributed by atoms with Gasteiger partial charge in [-0.1, -0.05) is 12.1 Å². The molecule has 0 fully saturated rings. The molecule has 0 atom stereocenters. The Morgan fingerprint density at radius 1 is 1.36 bits per heavy atom. The average Bonchev–Trinajstić information content (AvgIpc) is 2.07. The molecule has 0 heterocycles. The van der Waals surface area contributed by atoms with Crippen molar-refractivity contribution in [2.45, 2.75) is 13.1 Å². The molecule has 1 aromatic rings. The van der Waals surface area contributed by atoms with E-state index < -0.39 is 11.7 Å². The van der Waals surface area contributed by atoms with Crippen molar-refractivity contribution in [1.82, 2.24) is 0 Å². The number of hydrogen-bond donors (Lipinski definition) is 1. The van der Waals surface area contributed by atoms with Crippen molar-refractivity contribution < 1.29 is 18.0 Å². The minimum Gasteiger partial charge on any atom is -0.328 e. The van der Waals surface area contributed by atoms with E-state index in [0.717, 1.165) is 6.07 Å². The molecule has 1 aromatic carbocycles. The molecule has 0 aromatic heterocycles. The smallest absolute Gasteiger partial charge is 0.328 e. The molecule has 2 nitrogen and oxygen atoms in total. The van der Waals surface area contributed by atoms with Crippen molar-refractivity contribution in [3.05, 3.63) is 29.3 Å². The molecule has 0 spiro atoms. The number of para-hydroxylation sites is 1. The number of halogens is 3. The Morgan fingerprint density at radius 2 is 2.00 bits per heavy atom. The summed E-state index contributed by atoms with van der Waals surface area (Å²) < 4.78 is 37.2. The Balaban J connectivity index is 3.28. The summed E-state index contributed by atoms with van der Waals surface area (Å²) in [4.78, 5) is 10.1. The van der Waals surface area contributed by atoms with Crippen LogP contribution in [0, 0.1) is 6.92 Å². The largest absolute Gasteiger partial charge is 0.418 e. The summed E-state index contributed by atoms with van der Waals surface area (Å²) in [5.74, 6) is 0. The third-order valence-electron chi connectivity index (χ3n) is 1.78. The molecule has 1 amide bonds. The predicted octanol–water partition coefficient (Wildman–Crippen LogP) is 2.58. The highest BCUT2D eigenvalue weighted by Crippen LogP contribution is 2.35. The summed E-state index contributed by atoms with van der Waals surface area (Å²) in [6.45, 7) is 1.50. The van der Waals surface area contributed by atoms with Crippen LogP contribution in [0.2, 0.25) is 0 Å². The van der Waals surface area contributed by atoms with Crippen LogP contribution >= 0.6 is 0 Å². The first-order chi connectivity index (χ1) is 6.46. The van der Waals surface area contributed by atoms with Gasteiger partial charge in [0.05, 0.1) is 11.3 Å². The number of rotatable bonds is 2. The normalized spacial score (nSPS) is 11.1. The van der Waals surface area contributed by atoms with Crippen molar-refractivity contribution >= 4 is 12.1 Å². The van der Waals surface area contributed by atoms with Crippen LogP contribution in [0.3, 0.4) is 0 Å². The van der Waals surface area contributed by atoms with Gasteiger partial charge in [0.25, 0.3) is 0 Å². The quantitative estimate of drug-likeness (QED) is 0.735. The van der Waals surface area contributed by atoms with Crippen molar-refractivity contribution in [2.75, 3.05) is 5.32 Å². The van der Waals surface area contributed by atoms with Crippen molar-refractivity contribution in [3.63, 3.8) is 0 Å². The maximum atomic E-state index is 12.4. The molecule has 0 unspecified atom stereocenters. The van der Waals surface area contributed by atoms with Gasteiger partial charge in [-0.2, -0.15) is 13.2 Å². The molecule has 0 aliphatic carbocycles. The Hall–Kier alpha value is -1.52. The van der Waals surface area contributed by atoms with E-state index in [-0.39, 0.29) is 12.1 Å². The highest BCUT2D eigenvalue weighted by Gasteiger charge is 2.33. The van der Waals surface area contributed by atoms with Crippen molar-refractivity contribution in [1.29, 1.82) is 0 Å². The molecule has 0 saturated carbocycles. The number of amides is 1. The minimum atomic E-state index is -4.45. The number of hydrogen-bond acceptors (Lipinski definition) is 1. The number of benzene rings is 1. The van der Waals surface area contributed by atoms with Crippen LogP contribution in [0.5, 0.6) is 0 Å². The summed E-state index contributed by atoms with van der Waals surface area (Å²) in [6, 6.07) is 3.73. The SMILES string of the molecule is Cc1cccc(C(F)(F)F)c1NC=O. The summed E-state index contributed by atoms with van der Waals surface area (Å²) >= 11 is 0. The zero-order chi connectivity index (χ0) is 10.8. The van der Waals surface area contributed by atoms with Crippen molar-refractivity contribution in [2.24, 2.45) is 0 Å². The Labute approximate surface area is 78.7 Å². The van der Waals surface area contributed by atoms with Crippen LogP contribution in [0.1, 0.15) is 11.1 Å². The Kier molecular flexibility index (Phi) is 2.78. The lowest BCUT2D eigenvalue weighted by molar-refractivity contribution is -0.137. The highest BCUT2D eigenvalue weighted by atomic mass is 19.4. The van der Waals surface area contributed by atoms with Gasteiger partial charge < -0.3 is 5.32 Å². The Bertz CT molecular complexity index is 346. The number of carbonyl (C=O) groups is 1. The predicted molar refractivity (Wildman–Crippen MR) is 45.9 cm³/mol. The molecular formula is C9H8F3NO. The minimum absolute atomic E-state index is 0.185. The fourth-order valence-corrected chi connectivity index (χ4v) is 1.15. The van der Waals surface area contributed by atoms with E-state index in [2.05, 4.69) is 5.32 Å². The maximum absolute atomic E-state index is 12.4. The van der Waals surface area contributed by atoms with E-state index in [1.807, 2.05) is 0 Å². The van der Waals surface area contributed by atoms with Crippen LogP contribution in [0.25, 0.3) is 0 Å². The summed E-state index contributed by atoms with van der Waals surface area (Å²) in [5, 5.41) is 2.05. The standard InChI is InChI=1S/C9H8F3NO/c1-6-3-2-4-7(9(10,11)12)8(6)13-5-14/h2-5H,1H3,(H,13,14). The van der Waals surface area contributed by atoms with Crippen LogP contribution in [-0.2, 0) is 11.0 Å². The van der Waals surface area contributed by atoms with E-state index in [9.17, 15) is 18.0 Å². The first-order valence-electron chi connectivity index (χ1n) is 3.84. The van der Waals surface area contributed by atoms with Crippen LogP contribution in [0.4, 0.5) is 18.9 Å². The average molecular weight is 203 g/mol. The topological polar surface area (TPSA) is 29.1 Å². The molecule has 76 valence electrons. The zero-order valence-corrected chi connectivity index (χ0v) is 7.35. The van der Waals surface area contributed by atoms with E-state index >= 15 is 0 Å². The first-order valence-corrected chi connectivity index (χ1v) is 3.84. The van der Waals surface area contributed by atoms with E-state index in [1.54, 1.807) is 0 Å². The second-order valence-electron chi connectivity index (χ2n) is 2.76. The third-order valence-corrected chi connectivity index (χ3v) is 1.78. The van der Waals surface area contributed by atoms with Gasteiger partial charge in [-0.3, -0.25) is 4.79 Å². The second kappa shape index (κ2) is 3.69. The zero-order valence-electron chi connectivity index (χ0n) is 7.35. The Morgan fingerprint density at radius 3 is 2.50 bits per heavy atom. The molecule has 5 heteroatoms. The number of aryl methyl sites for hydroxylation is 1. The van der Waals surface area contributed by atoms with E-state index in [0.29, 0.717) is 5.56 Å². The van der Waals surface area contributed by atoms with Gasteiger partial charge in [0.15, 0.2) is 0 Å². The van der Waals surface area contributed by atoms with E-state index in [1.165, 1.54) is 19.1 Å². The lowest BCUT2D eigenvalue weighted by Crippen LogP contribution is -2.11. The highest BCUT2D eigenvalue weighted by molar-refractivity contribution is 5.76. The van der Waals surface area contributed by atoms with Gasteiger partial charge in [-0.15, -0.1) is 0 Å². The maximum Gasteiger partial charge on any atom is 0.418 e. The third kappa shape index (κ3) is 2.04. The first kappa shape index (κ1) is 10.6. The lowest BCUT2D eigenvalue weighted by atomic mass is 10.1. The molecule has 14 heavy (non-hydrogen) atoms. The molecule has 0 saturated heterocycles. The number of nitrogens with one attached hydrogen (secondary N) is 1. The molecule has 0 bridgehead atoms. The molecule has 0 aliphatic rings. The molecular weight excluding hydrogens is 195 g/mol. The van der Waals surface area contributed by atoms with Gasteiger partial charge >= 0.3 is 6.18 Å². The van der Waals surface area contributed by atoms with Gasteiger partial charge in [0, 0.05) is 0 Å². The van der Waals surface area contributed by atoms with Crippen molar-refractivity contribution in [3.8, 4) is 0 Å². The number of alkyl halides is 3. The monoisotopic (exact) mass is 203 g/mol. The van der Waals surface area contributed by atoms with Crippen LogP contribution < -0.4 is 5.32 Å². The van der Waals surface area contributed by atoms with Gasteiger partial charge in [0.2, 0.25) is 6.41 Å². The molecule has 0 aliphatic heterocycles. The number of anilines is 1.